The first-order valence-corrected chi connectivity index (χ1v) is 4.31. The molecule has 1 rings (SSSR count). The number of anilines is 1. The fourth-order valence-corrected chi connectivity index (χ4v) is 0.924. The van der Waals surface area contributed by atoms with Gasteiger partial charge in [0.05, 0.1) is 5.69 Å². The zero-order chi connectivity index (χ0) is 9.84. The fourth-order valence-electron chi connectivity index (χ4n) is 0.763. The van der Waals surface area contributed by atoms with Crippen LogP contribution in [0, 0.1) is 0 Å². The molecule has 0 aliphatic heterocycles. The van der Waals surface area contributed by atoms with E-state index in [4.69, 9.17) is 18.0 Å². The molecular weight excluding hydrogens is 204 g/mol. The Morgan fingerprint density at radius 3 is 2.46 bits per heavy atom. The smallest absolute Gasteiger partial charge is 0.139 e. The van der Waals surface area contributed by atoms with Crippen molar-refractivity contribution in [2.75, 3.05) is 5.32 Å². The van der Waals surface area contributed by atoms with Gasteiger partial charge in [-0.25, -0.2) is 0 Å². The van der Waals surface area contributed by atoms with Crippen LogP contribution in [0.4, 0.5) is 5.69 Å². The first-order valence-electron chi connectivity index (χ1n) is 3.50. The lowest BCUT2D eigenvalue weighted by molar-refractivity contribution is 0.478. The van der Waals surface area contributed by atoms with E-state index in [0.29, 0.717) is 5.69 Å². The second kappa shape index (κ2) is 4.15. The van der Waals surface area contributed by atoms with Gasteiger partial charge in [-0.05, 0) is 12.1 Å². The summed E-state index contributed by atoms with van der Waals surface area (Å²) in [4.78, 5) is 0.356. The largest absolute Gasteiger partial charge is 0.506 e. The van der Waals surface area contributed by atoms with Crippen LogP contribution in [0.1, 0.15) is 0 Å². The molecule has 0 spiro atoms. The maximum absolute atomic E-state index is 9.33. The van der Waals surface area contributed by atoms with E-state index in [1.54, 1.807) is 24.3 Å². The standard InChI is InChI=1S/C8H8N2OS2/c9-7(12)8(13)10-5-3-1-2-4-6(5)11/h1-4,11H,(H2,9,12)(H,10,13). The number of benzene rings is 1. The highest BCUT2D eigenvalue weighted by Gasteiger charge is 2.03. The topological polar surface area (TPSA) is 58.3 Å². The van der Waals surface area contributed by atoms with E-state index in [9.17, 15) is 5.11 Å². The van der Waals surface area contributed by atoms with E-state index in [0.717, 1.165) is 0 Å². The van der Waals surface area contributed by atoms with Gasteiger partial charge in [-0.3, -0.25) is 0 Å². The molecule has 0 saturated heterocycles. The number of thiocarbonyl (C=S) groups is 2. The Balaban J connectivity index is 2.81. The summed E-state index contributed by atoms with van der Waals surface area (Å²) in [5.41, 5.74) is 5.78. The Morgan fingerprint density at radius 1 is 1.31 bits per heavy atom. The van der Waals surface area contributed by atoms with Crippen molar-refractivity contribution in [3.63, 3.8) is 0 Å². The fraction of sp³-hybridized carbons (Fsp3) is 0. The lowest BCUT2D eigenvalue weighted by atomic mass is 10.3. The molecule has 0 aliphatic carbocycles. The van der Waals surface area contributed by atoms with Gasteiger partial charge in [0.1, 0.15) is 15.7 Å². The number of rotatable bonds is 1. The van der Waals surface area contributed by atoms with Gasteiger partial charge in [0.15, 0.2) is 0 Å². The van der Waals surface area contributed by atoms with E-state index in [1.807, 2.05) is 0 Å². The Labute approximate surface area is 86.6 Å². The molecule has 0 unspecified atom stereocenters. The first kappa shape index (κ1) is 9.88. The average Bonchev–Trinajstić information content (AvgIpc) is 2.08. The molecule has 0 atom stereocenters. The quantitative estimate of drug-likeness (QED) is 0.485. The maximum atomic E-state index is 9.33. The van der Waals surface area contributed by atoms with Crippen molar-refractivity contribution in [2.45, 2.75) is 0 Å². The lowest BCUT2D eigenvalue weighted by Crippen LogP contribution is -2.25. The Morgan fingerprint density at radius 2 is 1.92 bits per heavy atom. The van der Waals surface area contributed by atoms with Crippen molar-refractivity contribution in [3.8, 4) is 5.75 Å². The van der Waals surface area contributed by atoms with Crippen LogP contribution in [0.15, 0.2) is 24.3 Å². The molecule has 1 aromatic rings. The van der Waals surface area contributed by atoms with Gasteiger partial charge >= 0.3 is 0 Å². The molecule has 5 heteroatoms. The minimum absolute atomic E-state index is 0.109. The SMILES string of the molecule is NC(=S)C(=S)Nc1ccccc1O. The normalized spacial score (nSPS) is 9.23. The van der Waals surface area contributed by atoms with E-state index in [1.165, 1.54) is 0 Å². The Bertz CT molecular complexity index is 352. The van der Waals surface area contributed by atoms with Crippen LogP contribution >= 0.6 is 24.4 Å². The van der Waals surface area contributed by atoms with Crippen LogP contribution < -0.4 is 11.1 Å². The number of aromatic hydroxyl groups is 1. The number of hydrogen-bond donors (Lipinski definition) is 3. The second-order valence-electron chi connectivity index (χ2n) is 2.34. The van der Waals surface area contributed by atoms with E-state index < -0.39 is 0 Å². The number of nitrogens with two attached hydrogens (primary N) is 1. The molecule has 0 saturated carbocycles. The number of para-hydroxylation sites is 2. The molecule has 4 N–H and O–H groups in total. The van der Waals surface area contributed by atoms with Crippen LogP contribution in [-0.4, -0.2) is 15.1 Å². The highest BCUT2D eigenvalue weighted by Crippen LogP contribution is 2.21. The molecule has 0 radical (unpaired) electrons. The number of nitrogens with one attached hydrogen (secondary N) is 1. The highest BCUT2D eigenvalue weighted by molar-refractivity contribution is 7.89. The molecule has 0 aliphatic rings. The van der Waals surface area contributed by atoms with Crippen LogP contribution in [0.5, 0.6) is 5.75 Å². The molecule has 3 nitrogen and oxygen atoms in total. The van der Waals surface area contributed by atoms with E-state index in [2.05, 4.69) is 17.5 Å². The van der Waals surface area contributed by atoms with Gasteiger partial charge in [-0.2, -0.15) is 0 Å². The van der Waals surface area contributed by atoms with Crippen molar-refractivity contribution in [1.29, 1.82) is 0 Å². The summed E-state index contributed by atoms with van der Waals surface area (Å²) in [7, 11) is 0. The Kier molecular flexibility index (Phi) is 3.16. The Hall–Kier alpha value is -1.20. The van der Waals surface area contributed by atoms with Crippen molar-refractivity contribution >= 4 is 40.1 Å². The molecular formula is C8H8N2OS2. The van der Waals surface area contributed by atoms with Gasteiger partial charge in [0, 0.05) is 0 Å². The number of phenolic OH excluding ortho intramolecular Hbond substituents is 1. The third-order valence-electron chi connectivity index (χ3n) is 1.38. The minimum Gasteiger partial charge on any atom is -0.506 e. The van der Waals surface area contributed by atoms with Gasteiger partial charge in [0.2, 0.25) is 0 Å². The van der Waals surface area contributed by atoms with Crippen molar-refractivity contribution in [3.05, 3.63) is 24.3 Å². The van der Waals surface area contributed by atoms with Crippen LogP contribution in [0.3, 0.4) is 0 Å². The van der Waals surface area contributed by atoms with Gasteiger partial charge < -0.3 is 16.2 Å². The van der Waals surface area contributed by atoms with Gasteiger partial charge in [-0.1, -0.05) is 36.6 Å². The highest BCUT2D eigenvalue weighted by atomic mass is 32.1. The maximum Gasteiger partial charge on any atom is 0.139 e. The van der Waals surface area contributed by atoms with E-state index >= 15 is 0 Å². The number of hydrogen-bond acceptors (Lipinski definition) is 3. The second-order valence-corrected chi connectivity index (χ2v) is 3.18. The zero-order valence-corrected chi connectivity index (χ0v) is 8.28. The van der Waals surface area contributed by atoms with Crippen LogP contribution in [-0.2, 0) is 0 Å². The summed E-state index contributed by atoms with van der Waals surface area (Å²) in [5, 5.41) is 12.1. The van der Waals surface area contributed by atoms with Crippen molar-refractivity contribution in [2.24, 2.45) is 5.73 Å². The molecule has 1 aromatic carbocycles. The molecule has 13 heavy (non-hydrogen) atoms. The first-order chi connectivity index (χ1) is 6.11. The summed E-state index contributed by atoms with van der Waals surface area (Å²) in [6, 6.07) is 6.71. The summed E-state index contributed by atoms with van der Waals surface area (Å²) in [5.74, 6) is 0.112. The molecule has 0 bridgehead atoms. The zero-order valence-electron chi connectivity index (χ0n) is 6.65. The third-order valence-corrected chi connectivity index (χ3v) is 2.03. The van der Waals surface area contributed by atoms with Gasteiger partial charge in [-0.15, -0.1) is 0 Å². The molecule has 0 aromatic heterocycles. The van der Waals surface area contributed by atoms with Gasteiger partial charge in [0.25, 0.3) is 0 Å². The van der Waals surface area contributed by atoms with E-state index in [-0.39, 0.29) is 15.7 Å². The summed E-state index contributed by atoms with van der Waals surface area (Å²) < 4.78 is 0. The summed E-state index contributed by atoms with van der Waals surface area (Å²) >= 11 is 9.48. The average molecular weight is 212 g/mol. The monoisotopic (exact) mass is 212 g/mol. The molecule has 68 valence electrons. The summed E-state index contributed by atoms with van der Waals surface area (Å²) in [6.45, 7) is 0. The number of phenols is 1. The third kappa shape index (κ3) is 2.64. The predicted molar refractivity (Wildman–Crippen MR) is 61.1 cm³/mol. The molecule has 0 amide bonds. The van der Waals surface area contributed by atoms with Crippen LogP contribution in [0.2, 0.25) is 0 Å². The summed E-state index contributed by atoms with van der Waals surface area (Å²) in [6.07, 6.45) is 0. The lowest BCUT2D eigenvalue weighted by Gasteiger charge is -2.07. The molecule has 0 fully saturated rings. The van der Waals surface area contributed by atoms with Crippen LogP contribution in [0.25, 0.3) is 0 Å². The predicted octanol–water partition coefficient (Wildman–Crippen LogP) is 1.42. The molecule has 0 heterocycles. The minimum atomic E-state index is 0.109. The van der Waals surface area contributed by atoms with Crippen molar-refractivity contribution < 1.29 is 5.11 Å². The van der Waals surface area contributed by atoms with Crippen molar-refractivity contribution in [1.82, 2.24) is 0 Å².